The molecule has 1 aromatic carbocycles. The van der Waals surface area contributed by atoms with Crippen molar-refractivity contribution in [3.63, 3.8) is 0 Å². The molecule has 3 N–H and O–H groups in total. The van der Waals surface area contributed by atoms with E-state index < -0.39 is 0 Å². The van der Waals surface area contributed by atoms with Crippen LogP contribution in [-0.2, 0) is 0 Å². The van der Waals surface area contributed by atoms with E-state index in [9.17, 15) is 4.79 Å². The fraction of sp³-hybridized carbons (Fsp3) is 0.562. The lowest BCUT2D eigenvalue weighted by Crippen LogP contribution is -2.35. The Morgan fingerprint density at radius 2 is 2.29 bits per heavy atom. The first-order valence-corrected chi connectivity index (χ1v) is 7.69. The summed E-state index contributed by atoms with van der Waals surface area (Å²) >= 11 is 0. The van der Waals surface area contributed by atoms with Crippen molar-refractivity contribution >= 4 is 5.91 Å². The number of hydrogen-bond donors (Lipinski definition) is 2. The van der Waals surface area contributed by atoms with Crippen LogP contribution in [0.5, 0.6) is 5.75 Å². The first-order valence-electron chi connectivity index (χ1n) is 7.69. The Morgan fingerprint density at radius 1 is 1.48 bits per heavy atom. The molecule has 0 radical (unpaired) electrons. The number of hydrazine groups is 1. The van der Waals surface area contributed by atoms with Crippen LogP contribution in [-0.4, -0.2) is 37.0 Å². The van der Waals surface area contributed by atoms with Crippen LogP contribution < -0.4 is 16.0 Å². The third kappa shape index (κ3) is 4.72. The Balaban J connectivity index is 1.77. The predicted molar refractivity (Wildman–Crippen MR) is 83.0 cm³/mol. The number of likely N-dealkylation sites (N-methyl/N-ethyl adjacent to an activating group) is 1. The summed E-state index contributed by atoms with van der Waals surface area (Å²) in [5.41, 5.74) is 2.63. The standard InChI is InChI=1S/C16H25N3O2/c1-2-19(12-13-5-3-6-13)9-10-21-15-8-4-7-14(11-15)16(20)18-17/h4,7-8,11,13H,2-3,5-6,9-10,12,17H2,1H3,(H,18,20). The molecule has 21 heavy (non-hydrogen) atoms. The van der Waals surface area contributed by atoms with E-state index in [-0.39, 0.29) is 5.91 Å². The van der Waals surface area contributed by atoms with E-state index >= 15 is 0 Å². The van der Waals surface area contributed by atoms with Gasteiger partial charge < -0.3 is 4.74 Å². The number of hydrogen-bond acceptors (Lipinski definition) is 4. The van der Waals surface area contributed by atoms with Gasteiger partial charge in [0.15, 0.2) is 0 Å². The summed E-state index contributed by atoms with van der Waals surface area (Å²) in [5, 5.41) is 0. The predicted octanol–water partition coefficient (Wildman–Crippen LogP) is 1.79. The summed E-state index contributed by atoms with van der Waals surface area (Å²) in [6, 6.07) is 7.08. The molecule has 116 valence electrons. The minimum atomic E-state index is -0.305. The quantitative estimate of drug-likeness (QED) is 0.435. The van der Waals surface area contributed by atoms with Crippen LogP contribution in [0.1, 0.15) is 36.5 Å². The van der Waals surface area contributed by atoms with Crippen LogP contribution in [0.25, 0.3) is 0 Å². The zero-order valence-corrected chi connectivity index (χ0v) is 12.7. The van der Waals surface area contributed by atoms with E-state index in [1.807, 2.05) is 6.07 Å². The first-order chi connectivity index (χ1) is 10.2. The average Bonchev–Trinajstić information content (AvgIpc) is 2.48. The molecule has 0 spiro atoms. The molecule has 0 bridgehead atoms. The monoisotopic (exact) mass is 291 g/mol. The number of carbonyl (C=O) groups is 1. The number of nitrogen functional groups attached to an aromatic ring is 1. The first kappa shape index (κ1) is 15.8. The van der Waals surface area contributed by atoms with E-state index in [1.54, 1.807) is 18.2 Å². The normalized spacial score (nSPS) is 14.8. The highest BCUT2D eigenvalue weighted by Crippen LogP contribution is 2.26. The summed E-state index contributed by atoms with van der Waals surface area (Å²) in [4.78, 5) is 13.9. The second-order valence-corrected chi connectivity index (χ2v) is 5.54. The van der Waals surface area contributed by atoms with Crippen molar-refractivity contribution < 1.29 is 9.53 Å². The molecule has 1 aliphatic rings. The van der Waals surface area contributed by atoms with E-state index in [2.05, 4.69) is 17.2 Å². The van der Waals surface area contributed by atoms with Gasteiger partial charge in [-0.15, -0.1) is 0 Å². The van der Waals surface area contributed by atoms with Gasteiger partial charge in [0, 0.05) is 18.7 Å². The summed E-state index contributed by atoms with van der Waals surface area (Å²) < 4.78 is 5.74. The Kier molecular flexibility index (Phi) is 6.02. The van der Waals surface area contributed by atoms with Gasteiger partial charge in [-0.05, 0) is 43.5 Å². The molecule has 0 saturated heterocycles. The number of benzene rings is 1. The van der Waals surface area contributed by atoms with Crippen molar-refractivity contribution in [1.29, 1.82) is 0 Å². The molecule has 0 aromatic heterocycles. The Bertz CT molecular complexity index is 461. The third-order valence-corrected chi connectivity index (χ3v) is 4.09. The van der Waals surface area contributed by atoms with Crippen molar-refractivity contribution in [3.8, 4) is 5.75 Å². The number of ether oxygens (including phenoxy) is 1. The summed E-state index contributed by atoms with van der Waals surface area (Å²) in [6.07, 6.45) is 4.12. The maximum Gasteiger partial charge on any atom is 0.265 e. The third-order valence-electron chi connectivity index (χ3n) is 4.09. The average molecular weight is 291 g/mol. The van der Waals surface area contributed by atoms with Crippen LogP contribution in [0.3, 0.4) is 0 Å². The van der Waals surface area contributed by atoms with Gasteiger partial charge >= 0.3 is 0 Å². The SMILES string of the molecule is CCN(CCOc1cccc(C(=O)NN)c1)CC1CCC1. The Morgan fingerprint density at radius 3 is 2.90 bits per heavy atom. The highest BCUT2D eigenvalue weighted by Gasteiger charge is 2.19. The maximum absolute atomic E-state index is 11.5. The zero-order valence-electron chi connectivity index (χ0n) is 12.7. The molecule has 0 atom stereocenters. The van der Waals surface area contributed by atoms with E-state index in [0.29, 0.717) is 17.9 Å². The molecule has 5 heteroatoms. The largest absolute Gasteiger partial charge is 0.492 e. The lowest BCUT2D eigenvalue weighted by atomic mass is 9.85. The fourth-order valence-corrected chi connectivity index (χ4v) is 2.52. The summed E-state index contributed by atoms with van der Waals surface area (Å²) in [7, 11) is 0. The highest BCUT2D eigenvalue weighted by molar-refractivity contribution is 5.94. The summed E-state index contributed by atoms with van der Waals surface area (Å²) in [6.45, 7) is 5.96. The molecule has 0 heterocycles. The second-order valence-electron chi connectivity index (χ2n) is 5.54. The number of nitrogens with zero attached hydrogens (tertiary/aromatic N) is 1. The van der Waals surface area contributed by atoms with Crippen LogP contribution in [0.2, 0.25) is 0 Å². The van der Waals surface area contributed by atoms with Crippen molar-refractivity contribution in [3.05, 3.63) is 29.8 Å². The molecule has 1 amide bonds. The minimum absolute atomic E-state index is 0.305. The fourth-order valence-electron chi connectivity index (χ4n) is 2.52. The number of rotatable bonds is 8. The molecule has 0 aliphatic heterocycles. The van der Waals surface area contributed by atoms with Gasteiger partial charge in [0.1, 0.15) is 12.4 Å². The van der Waals surface area contributed by atoms with Crippen LogP contribution in [0.4, 0.5) is 0 Å². The topological polar surface area (TPSA) is 67.6 Å². The van der Waals surface area contributed by atoms with Gasteiger partial charge in [0.25, 0.3) is 5.91 Å². The molecule has 1 aromatic rings. The van der Waals surface area contributed by atoms with Gasteiger partial charge in [-0.25, -0.2) is 5.84 Å². The van der Waals surface area contributed by atoms with Crippen LogP contribution in [0, 0.1) is 5.92 Å². The van der Waals surface area contributed by atoms with E-state index in [4.69, 9.17) is 10.6 Å². The number of carbonyl (C=O) groups excluding carboxylic acids is 1. The van der Waals surface area contributed by atoms with Gasteiger partial charge in [-0.3, -0.25) is 15.1 Å². The Labute approximate surface area is 126 Å². The summed E-state index contributed by atoms with van der Waals surface area (Å²) in [5.74, 6) is 6.41. The molecule has 1 fully saturated rings. The van der Waals surface area contributed by atoms with Crippen molar-refractivity contribution in [1.82, 2.24) is 10.3 Å². The maximum atomic E-state index is 11.5. The number of nitrogens with two attached hydrogens (primary N) is 1. The molecular formula is C16H25N3O2. The van der Waals surface area contributed by atoms with E-state index in [0.717, 1.165) is 19.0 Å². The zero-order chi connectivity index (χ0) is 15.1. The molecule has 2 rings (SSSR count). The highest BCUT2D eigenvalue weighted by atomic mass is 16.5. The van der Waals surface area contributed by atoms with Crippen LogP contribution >= 0.6 is 0 Å². The second kappa shape index (κ2) is 8.00. The van der Waals surface area contributed by atoms with Crippen molar-refractivity contribution in [2.75, 3.05) is 26.2 Å². The molecule has 5 nitrogen and oxygen atoms in total. The van der Waals surface area contributed by atoms with Crippen molar-refractivity contribution in [2.24, 2.45) is 11.8 Å². The van der Waals surface area contributed by atoms with E-state index in [1.165, 1.54) is 25.8 Å². The molecular weight excluding hydrogens is 266 g/mol. The smallest absolute Gasteiger partial charge is 0.265 e. The van der Waals surface area contributed by atoms with Crippen molar-refractivity contribution in [2.45, 2.75) is 26.2 Å². The van der Waals surface area contributed by atoms with Gasteiger partial charge in [-0.1, -0.05) is 19.4 Å². The van der Waals surface area contributed by atoms with Gasteiger partial charge in [-0.2, -0.15) is 0 Å². The molecule has 1 aliphatic carbocycles. The molecule has 1 saturated carbocycles. The lowest BCUT2D eigenvalue weighted by molar-refractivity contribution is 0.0953. The Hall–Kier alpha value is -1.59. The lowest BCUT2D eigenvalue weighted by Gasteiger charge is -2.31. The minimum Gasteiger partial charge on any atom is -0.492 e. The molecule has 0 unspecified atom stereocenters. The number of amides is 1. The van der Waals surface area contributed by atoms with Gasteiger partial charge in [0.2, 0.25) is 0 Å². The number of nitrogens with one attached hydrogen (secondary N) is 1. The van der Waals surface area contributed by atoms with Gasteiger partial charge in [0.05, 0.1) is 0 Å². The van der Waals surface area contributed by atoms with Crippen LogP contribution in [0.15, 0.2) is 24.3 Å².